The summed E-state index contributed by atoms with van der Waals surface area (Å²) in [6.45, 7) is 22.7. The molecule has 0 radical (unpaired) electrons. The van der Waals surface area contributed by atoms with Crippen LogP contribution in [0.2, 0.25) is 0 Å². The van der Waals surface area contributed by atoms with Crippen LogP contribution in [-0.4, -0.2) is 150 Å². The number of carbonyl (C=O) groups excluding carboxylic acids is 5. The smallest absolute Gasteiger partial charge is 0.340 e. The first-order chi connectivity index (χ1) is 37.2. The molecule has 1 fully saturated rings. The standard InChI is InChI=1S/C56H83N5O17P2/c1-13-15-39(62)75-27-25-60(22-18-41(79(69,70)71)80(72,73)74)29-40(63)77-51-32(5)16-14-17-33(6)54(68)57-47-46-45(58-56(59-46)20-23-61(24-21-56)28-30(2)3)42-43(50(47)66)49(65)38(11)52-44(42)53(67)55(12,78-52)76-26-19-31(4)34(7)35(8)36(9)48(64)37(51)10/h14,16-17,19,26,30-32,34-37,41,48,51,59,64-65H,13,15,18,20-25,27-29H2,1-12H3,(H,57,68)(H2,69,70,71)(H2,72,73,74)/b16-14+,26-19+,33-17-/t31-,32-,34+,35+,36-,37-,48-,51-,55-/m0/s1. The number of phenolic OH excluding ortho intramolecular Hbond substituents is 1. The van der Waals surface area contributed by atoms with Gasteiger partial charge in [0, 0.05) is 87.4 Å². The maximum Gasteiger partial charge on any atom is 0.340 e. The maximum absolute atomic E-state index is 15.0. The number of phenols is 1. The molecule has 6 aliphatic rings. The van der Waals surface area contributed by atoms with E-state index in [0.717, 1.165) is 6.54 Å². The molecule has 444 valence electrons. The summed E-state index contributed by atoms with van der Waals surface area (Å²) in [5.41, 5.74) is -0.561. The molecule has 1 amide bonds. The molecular weight excluding hydrogens is 1080 g/mol. The number of aromatic hydroxyl groups is 1. The number of ketones is 2. The highest BCUT2D eigenvalue weighted by atomic mass is 31.2. The number of hydrogen-bond acceptors (Lipinski definition) is 17. The van der Waals surface area contributed by atoms with Gasteiger partial charge in [-0.15, -0.1) is 0 Å². The van der Waals surface area contributed by atoms with Crippen molar-refractivity contribution in [2.45, 2.75) is 144 Å². The van der Waals surface area contributed by atoms with Crippen LogP contribution in [-0.2, 0) is 37.7 Å². The minimum absolute atomic E-state index is 0.0231. The molecule has 22 nitrogen and oxygen atoms in total. The Labute approximate surface area is 468 Å². The van der Waals surface area contributed by atoms with Gasteiger partial charge in [-0.25, -0.2) is 0 Å². The lowest BCUT2D eigenvalue weighted by atomic mass is 9.72. The summed E-state index contributed by atoms with van der Waals surface area (Å²) in [4.78, 5) is 119. The second kappa shape index (κ2) is 25.6. The van der Waals surface area contributed by atoms with Gasteiger partial charge in [-0.05, 0) is 62.4 Å². The number of carbonyl (C=O) groups is 5. The second-order valence-corrected chi connectivity index (χ2v) is 27.1. The molecule has 1 saturated heterocycles. The van der Waals surface area contributed by atoms with Gasteiger partial charge in [0.15, 0.2) is 5.40 Å². The highest BCUT2D eigenvalue weighted by Crippen LogP contribution is 2.61. The van der Waals surface area contributed by atoms with Gasteiger partial charge >= 0.3 is 32.9 Å². The molecule has 8 N–H and O–H groups in total. The zero-order chi connectivity index (χ0) is 59.6. The van der Waals surface area contributed by atoms with E-state index in [4.69, 9.17) is 23.9 Å². The fourth-order valence-corrected chi connectivity index (χ4v) is 13.7. The van der Waals surface area contributed by atoms with Crippen molar-refractivity contribution >= 4 is 50.3 Å². The SMILES string of the molecule is CCCC(=O)OCCN(CCC(P(=O)(O)O)P(=O)(O)O)CC(=O)O[C@@H]1[C@@H](C)[C@@H](O)[C@@H](C)[C@H](C)[C@H](C)[C@@H](C)/C=C/O[C@@]2(C)Oc3c(C)c(O)c4c(c3C2=O)C2=NC3(CCN(CC(C)C)CC3)NC2=C(NC(=O)/C(C)=C\C=C\[C@@H]1C)C4=O. The fourth-order valence-electron chi connectivity index (χ4n) is 11.3. The minimum atomic E-state index is -5.33. The Balaban J connectivity index is 1.39. The summed E-state index contributed by atoms with van der Waals surface area (Å²) in [5, 5.41) is 28.0. The van der Waals surface area contributed by atoms with Crippen molar-refractivity contribution in [2.75, 3.05) is 45.9 Å². The van der Waals surface area contributed by atoms with Crippen molar-refractivity contribution in [3.8, 4) is 11.5 Å². The first kappa shape index (κ1) is 64.2. The molecule has 9 atom stereocenters. The Hall–Kier alpha value is -5.02. The van der Waals surface area contributed by atoms with Gasteiger partial charge < -0.3 is 64.3 Å². The summed E-state index contributed by atoms with van der Waals surface area (Å²) in [7, 11) is -10.7. The number of Topliss-reactive ketones (excluding diaryl/α,β-unsaturated/α-hetero) is 2. The molecule has 7 rings (SSSR count). The van der Waals surface area contributed by atoms with Crippen LogP contribution in [0.5, 0.6) is 11.5 Å². The highest BCUT2D eigenvalue weighted by Gasteiger charge is 2.55. The van der Waals surface area contributed by atoms with E-state index in [1.165, 1.54) is 38.0 Å². The number of aliphatic hydroxyl groups excluding tert-OH is 1. The van der Waals surface area contributed by atoms with Gasteiger partial charge in [0.05, 0.1) is 41.4 Å². The number of piperidine rings is 1. The molecule has 80 heavy (non-hydrogen) atoms. The number of amides is 1. The van der Waals surface area contributed by atoms with Gasteiger partial charge in [0.2, 0.25) is 5.78 Å². The van der Waals surface area contributed by atoms with Crippen LogP contribution >= 0.6 is 15.2 Å². The number of allylic oxidation sites excluding steroid dienone is 5. The number of nitrogens with zero attached hydrogens (tertiary/aromatic N) is 3. The molecule has 0 unspecified atom stereocenters. The van der Waals surface area contributed by atoms with Gasteiger partial charge in [-0.1, -0.05) is 80.5 Å². The van der Waals surface area contributed by atoms with E-state index in [1.807, 2.05) is 27.7 Å². The number of rotatable bonds is 15. The molecule has 0 aromatic heterocycles. The van der Waals surface area contributed by atoms with Crippen molar-refractivity contribution in [1.82, 2.24) is 20.4 Å². The van der Waals surface area contributed by atoms with E-state index in [1.54, 1.807) is 39.0 Å². The fraction of sp³-hybridized carbons (Fsp3) is 0.643. The first-order valence-corrected chi connectivity index (χ1v) is 31.0. The van der Waals surface area contributed by atoms with E-state index >= 15 is 0 Å². The first-order valence-electron chi connectivity index (χ1n) is 27.7. The monoisotopic (exact) mass is 1160 g/mol. The normalized spacial score (nSPS) is 29.1. The molecular formula is C56H83N5O17P2. The van der Waals surface area contributed by atoms with E-state index < -0.39 is 117 Å². The number of esters is 2. The molecule has 24 heteroatoms. The molecule has 1 aliphatic carbocycles. The zero-order valence-electron chi connectivity index (χ0n) is 48.1. The minimum Gasteiger partial charge on any atom is -0.507 e. The molecule has 5 aliphatic heterocycles. The Morgan fingerprint density at radius 3 is 2.15 bits per heavy atom. The molecule has 1 aromatic carbocycles. The van der Waals surface area contributed by atoms with Crippen molar-refractivity contribution in [3.63, 3.8) is 0 Å². The van der Waals surface area contributed by atoms with Crippen LogP contribution in [0, 0.1) is 48.3 Å². The van der Waals surface area contributed by atoms with Crippen molar-refractivity contribution in [1.29, 1.82) is 0 Å². The number of ether oxygens (including phenoxy) is 4. The summed E-state index contributed by atoms with van der Waals surface area (Å²) in [5.74, 6) is -7.77. The summed E-state index contributed by atoms with van der Waals surface area (Å²) in [6, 6.07) is 0. The van der Waals surface area contributed by atoms with Gasteiger partial charge in [-0.3, -0.25) is 43.0 Å². The van der Waals surface area contributed by atoms with E-state index in [9.17, 15) is 62.9 Å². The van der Waals surface area contributed by atoms with Crippen LogP contribution < -0.4 is 15.4 Å². The number of aliphatic imine (C=N–C) groups is 1. The second-order valence-electron chi connectivity index (χ2n) is 23.1. The Morgan fingerprint density at radius 2 is 1.54 bits per heavy atom. The summed E-state index contributed by atoms with van der Waals surface area (Å²) < 4.78 is 48.4. The van der Waals surface area contributed by atoms with Crippen LogP contribution in [0.15, 0.2) is 52.5 Å². The topological polar surface area (TPSA) is 321 Å². The van der Waals surface area contributed by atoms with E-state index in [2.05, 4.69) is 29.4 Å². The molecule has 0 saturated carbocycles. The lowest BCUT2D eigenvalue weighted by Crippen LogP contribution is -2.50. The average molecular weight is 1160 g/mol. The molecule has 5 bridgehead atoms. The van der Waals surface area contributed by atoms with E-state index in [0.29, 0.717) is 38.3 Å². The number of benzene rings is 1. The number of hydrogen-bond donors (Lipinski definition) is 8. The van der Waals surface area contributed by atoms with Crippen molar-refractivity contribution in [2.24, 2.45) is 46.4 Å². The Morgan fingerprint density at radius 1 is 0.887 bits per heavy atom. The molecule has 1 spiro atoms. The maximum atomic E-state index is 15.0. The zero-order valence-corrected chi connectivity index (χ0v) is 49.8. The number of aliphatic hydroxyl groups is 1. The van der Waals surface area contributed by atoms with Crippen LogP contribution in [0.1, 0.15) is 140 Å². The van der Waals surface area contributed by atoms with Crippen LogP contribution in [0.25, 0.3) is 0 Å². The molecule has 1 aromatic rings. The number of nitrogens with one attached hydrogen (secondary N) is 2. The quantitative estimate of drug-likeness (QED) is 0.0715. The van der Waals surface area contributed by atoms with E-state index in [-0.39, 0.29) is 88.0 Å². The Kier molecular flexibility index (Phi) is 20.6. The summed E-state index contributed by atoms with van der Waals surface area (Å²) >= 11 is 0. The largest absolute Gasteiger partial charge is 0.507 e. The van der Waals surface area contributed by atoms with Crippen LogP contribution in [0.3, 0.4) is 0 Å². The van der Waals surface area contributed by atoms with Crippen molar-refractivity contribution < 1.29 is 81.8 Å². The lowest BCUT2D eigenvalue weighted by molar-refractivity contribution is -0.159. The van der Waals surface area contributed by atoms with Crippen LogP contribution in [0.4, 0.5) is 0 Å². The number of likely N-dealkylation sites (tertiary alicyclic amines) is 1. The highest BCUT2D eigenvalue weighted by molar-refractivity contribution is 7.70. The van der Waals surface area contributed by atoms with Gasteiger partial charge in [0.1, 0.15) is 35.6 Å². The summed E-state index contributed by atoms with van der Waals surface area (Å²) in [6.07, 6.45) is 6.68. The molecule has 5 heterocycles. The third kappa shape index (κ3) is 14.2. The predicted molar refractivity (Wildman–Crippen MR) is 297 cm³/mol. The van der Waals surface area contributed by atoms with Gasteiger partial charge in [0.25, 0.3) is 11.7 Å². The lowest BCUT2D eigenvalue weighted by Gasteiger charge is -2.38. The predicted octanol–water partition coefficient (Wildman–Crippen LogP) is 6.21. The third-order valence-corrected chi connectivity index (χ3v) is 20.5. The van der Waals surface area contributed by atoms with Gasteiger partial charge in [-0.2, -0.15) is 0 Å². The average Bonchev–Trinajstić information content (AvgIpc) is 3.87. The number of fused-ring (bicyclic) bond motifs is 13. The van der Waals surface area contributed by atoms with Crippen molar-refractivity contribution in [3.05, 3.63) is 69.8 Å². The third-order valence-electron chi connectivity index (χ3n) is 16.6. The Bertz CT molecular complexity index is 2790.